The summed E-state index contributed by atoms with van der Waals surface area (Å²) >= 11 is 0. The SMILES string of the molecule is CC(C)NC(=O)OCc1ccccn1. The average molecular weight is 194 g/mol. The number of amides is 1. The van der Waals surface area contributed by atoms with Crippen molar-refractivity contribution in [2.45, 2.75) is 26.5 Å². The van der Waals surface area contributed by atoms with Crippen LogP contribution in [0.5, 0.6) is 0 Å². The van der Waals surface area contributed by atoms with E-state index in [1.807, 2.05) is 32.0 Å². The Labute approximate surface area is 83.3 Å². The molecule has 1 rings (SSSR count). The largest absolute Gasteiger partial charge is 0.443 e. The molecule has 0 aromatic carbocycles. The van der Waals surface area contributed by atoms with Gasteiger partial charge in [-0.05, 0) is 26.0 Å². The zero-order valence-electron chi connectivity index (χ0n) is 8.36. The van der Waals surface area contributed by atoms with Crippen LogP contribution < -0.4 is 5.32 Å². The zero-order valence-corrected chi connectivity index (χ0v) is 8.36. The first kappa shape index (κ1) is 10.5. The highest BCUT2D eigenvalue weighted by atomic mass is 16.5. The van der Waals surface area contributed by atoms with E-state index in [4.69, 9.17) is 4.74 Å². The summed E-state index contributed by atoms with van der Waals surface area (Å²) in [5.74, 6) is 0. The molecule has 4 nitrogen and oxygen atoms in total. The lowest BCUT2D eigenvalue weighted by atomic mass is 10.4. The highest BCUT2D eigenvalue weighted by Gasteiger charge is 2.03. The van der Waals surface area contributed by atoms with E-state index >= 15 is 0 Å². The van der Waals surface area contributed by atoms with Crippen molar-refractivity contribution in [2.75, 3.05) is 0 Å². The summed E-state index contributed by atoms with van der Waals surface area (Å²) in [7, 11) is 0. The topological polar surface area (TPSA) is 51.2 Å². The predicted octanol–water partition coefficient (Wildman–Crippen LogP) is 1.72. The van der Waals surface area contributed by atoms with Crippen molar-refractivity contribution < 1.29 is 9.53 Å². The molecule has 0 unspecified atom stereocenters. The van der Waals surface area contributed by atoms with Crippen molar-refractivity contribution in [3.63, 3.8) is 0 Å². The summed E-state index contributed by atoms with van der Waals surface area (Å²) in [4.78, 5) is 15.1. The van der Waals surface area contributed by atoms with E-state index < -0.39 is 6.09 Å². The fourth-order valence-corrected chi connectivity index (χ4v) is 0.900. The first-order valence-electron chi connectivity index (χ1n) is 4.51. The third kappa shape index (κ3) is 3.89. The Hall–Kier alpha value is -1.58. The third-order valence-electron chi connectivity index (χ3n) is 1.48. The lowest BCUT2D eigenvalue weighted by Crippen LogP contribution is -2.30. The van der Waals surface area contributed by atoms with Crippen LogP contribution in [0.3, 0.4) is 0 Å². The molecule has 0 radical (unpaired) electrons. The maximum absolute atomic E-state index is 11.1. The number of aromatic nitrogens is 1. The molecule has 0 atom stereocenters. The number of hydrogen-bond acceptors (Lipinski definition) is 3. The summed E-state index contributed by atoms with van der Waals surface area (Å²) in [5.41, 5.74) is 0.742. The van der Waals surface area contributed by atoms with E-state index in [2.05, 4.69) is 10.3 Å². The average Bonchev–Trinajstić information content (AvgIpc) is 2.15. The van der Waals surface area contributed by atoms with Crippen LogP contribution in [0.1, 0.15) is 19.5 Å². The molecule has 1 heterocycles. The van der Waals surface area contributed by atoms with Crippen molar-refractivity contribution in [1.29, 1.82) is 0 Å². The second-order valence-corrected chi connectivity index (χ2v) is 3.20. The molecular formula is C10H14N2O2. The van der Waals surface area contributed by atoms with Crippen LogP contribution in [0.4, 0.5) is 4.79 Å². The molecule has 1 aromatic heterocycles. The van der Waals surface area contributed by atoms with Gasteiger partial charge < -0.3 is 10.1 Å². The third-order valence-corrected chi connectivity index (χ3v) is 1.48. The van der Waals surface area contributed by atoms with E-state index in [1.165, 1.54) is 0 Å². The van der Waals surface area contributed by atoms with Crippen LogP contribution in [0, 0.1) is 0 Å². The molecule has 1 aromatic rings. The van der Waals surface area contributed by atoms with Gasteiger partial charge in [0, 0.05) is 12.2 Å². The number of rotatable bonds is 3. The molecule has 0 aliphatic carbocycles. The van der Waals surface area contributed by atoms with Crippen molar-refractivity contribution >= 4 is 6.09 Å². The van der Waals surface area contributed by atoms with Gasteiger partial charge >= 0.3 is 6.09 Å². The van der Waals surface area contributed by atoms with E-state index in [1.54, 1.807) is 6.20 Å². The highest BCUT2D eigenvalue weighted by Crippen LogP contribution is 1.96. The van der Waals surface area contributed by atoms with Crippen molar-refractivity contribution in [3.8, 4) is 0 Å². The van der Waals surface area contributed by atoms with Gasteiger partial charge in [-0.25, -0.2) is 4.79 Å². The molecule has 0 spiro atoms. The maximum atomic E-state index is 11.1. The number of carbonyl (C=O) groups excluding carboxylic acids is 1. The van der Waals surface area contributed by atoms with Gasteiger partial charge in [0.05, 0.1) is 5.69 Å². The summed E-state index contributed by atoms with van der Waals surface area (Å²) in [5, 5.41) is 2.62. The monoisotopic (exact) mass is 194 g/mol. The molecule has 0 bridgehead atoms. The molecule has 76 valence electrons. The minimum Gasteiger partial charge on any atom is -0.443 e. The number of ether oxygens (including phenoxy) is 1. The fraction of sp³-hybridized carbons (Fsp3) is 0.400. The first-order chi connectivity index (χ1) is 6.68. The van der Waals surface area contributed by atoms with Crippen LogP contribution >= 0.6 is 0 Å². The number of hydrogen-bond donors (Lipinski definition) is 1. The number of alkyl carbamates (subject to hydrolysis) is 1. The molecule has 1 N–H and O–H groups in total. The first-order valence-corrected chi connectivity index (χ1v) is 4.51. The van der Waals surface area contributed by atoms with Gasteiger partial charge in [0.25, 0.3) is 0 Å². The van der Waals surface area contributed by atoms with Crippen molar-refractivity contribution in [2.24, 2.45) is 0 Å². The van der Waals surface area contributed by atoms with Gasteiger partial charge in [-0.15, -0.1) is 0 Å². The van der Waals surface area contributed by atoms with Crippen LogP contribution in [0.15, 0.2) is 24.4 Å². The number of pyridine rings is 1. The van der Waals surface area contributed by atoms with Gasteiger partial charge in [0.15, 0.2) is 0 Å². The lowest BCUT2D eigenvalue weighted by molar-refractivity contribution is 0.136. The minimum absolute atomic E-state index is 0.0891. The molecule has 1 amide bonds. The quantitative estimate of drug-likeness (QED) is 0.797. The van der Waals surface area contributed by atoms with Gasteiger partial charge in [0.2, 0.25) is 0 Å². The Bertz CT molecular complexity index is 285. The molecule has 4 heteroatoms. The van der Waals surface area contributed by atoms with Gasteiger partial charge in [-0.1, -0.05) is 6.07 Å². The number of carbonyl (C=O) groups is 1. The highest BCUT2D eigenvalue weighted by molar-refractivity contribution is 5.67. The molecular weight excluding hydrogens is 180 g/mol. The normalized spacial score (nSPS) is 9.93. The molecule has 0 aliphatic heterocycles. The maximum Gasteiger partial charge on any atom is 0.407 e. The van der Waals surface area contributed by atoms with Crippen LogP contribution in [-0.4, -0.2) is 17.1 Å². The van der Waals surface area contributed by atoms with Crippen LogP contribution in [0.25, 0.3) is 0 Å². The van der Waals surface area contributed by atoms with Gasteiger partial charge in [-0.2, -0.15) is 0 Å². The second-order valence-electron chi connectivity index (χ2n) is 3.20. The number of nitrogens with zero attached hydrogens (tertiary/aromatic N) is 1. The Morgan fingerprint density at radius 3 is 2.93 bits per heavy atom. The van der Waals surface area contributed by atoms with E-state index in [0.717, 1.165) is 5.69 Å². The van der Waals surface area contributed by atoms with Gasteiger partial charge in [0.1, 0.15) is 6.61 Å². The fourth-order valence-electron chi connectivity index (χ4n) is 0.900. The smallest absolute Gasteiger partial charge is 0.407 e. The summed E-state index contributed by atoms with van der Waals surface area (Å²) in [6.45, 7) is 3.96. The van der Waals surface area contributed by atoms with Gasteiger partial charge in [-0.3, -0.25) is 4.98 Å². The summed E-state index contributed by atoms with van der Waals surface area (Å²) < 4.78 is 4.93. The van der Waals surface area contributed by atoms with E-state index in [0.29, 0.717) is 0 Å². The minimum atomic E-state index is -0.411. The molecule has 0 saturated heterocycles. The van der Waals surface area contributed by atoms with Crippen LogP contribution in [0.2, 0.25) is 0 Å². The van der Waals surface area contributed by atoms with E-state index in [9.17, 15) is 4.79 Å². The zero-order chi connectivity index (χ0) is 10.4. The Morgan fingerprint density at radius 2 is 2.36 bits per heavy atom. The number of nitrogens with one attached hydrogen (secondary N) is 1. The molecule has 0 fully saturated rings. The van der Waals surface area contributed by atoms with Crippen molar-refractivity contribution in [1.82, 2.24) is 10.3 Å². The lowest BCUT2D eigenvalue weighted by Gasteiger charge is -2.08. The molecule has 0 aliphatic rings. The summed E-state index contributed by atoms with van der Waals surface area (Å²) in [6.07, 6.45) is 1.25. The van der Waals surface area contributed by atoms with E-state index in [-0.39, 0.29) is 12.6 Å². The molecule has 14 heavy (non-hydrogen) atoms. The Balaban J connectivity index is 2.31. The Kier molecular flexibility index (Phi) is 3.91. The second kappa shape index (κ2) is 5.21. The van der Waals surface area contributed by atoms with Crippen LogP contribution in [-0.2, 0) is 11.3 Å². The standard InChI is InChI=1S/C10H14N2O2/c1-8(2)12-10(13)14-7-9-5-3-4-6-11-9/h3-6,8H,7H2,1-2H3,(H,12,13). The Morgan fingerprint density at radius 1 is 1.57 bits per heavy atom. The molecule has 0 saturated carbocycles. The van der Waals surface area contributed by atoms with Crippen molar-refractivity contribution in [3.05, 3.63) is 30.1 Å². The summed E-state index contributed by atoms with van der Waals surface area (Å²) in [6, 6.07) is 5.57. The predicted molar refractivity (Wildman–Crippen MR) is 52.7 cm³/mol.